The van der Waals surface area contributed by atoms with Crippen LogP contribution in [-0.2, 0) is 4.79 Å². The number of nitrogens with zero attached hydrogens (tertiary/aromatic N) is 3. The van der Waals surface area contributed by atoms with Crippen LogP contribution in [0.1, 0.15) is 110 Å². The third kappa shape index (κ3) is 24.2. The van der Waals surface area contributed by atoms with Gasteiger partial charge in [0.1, 0.15) is 0 Å². The highest BCUT2D eigenvalue weighted by molar-refractivity contribution is 5.75. The van der Waals surface area contributed by atoms with Crippen molar-refractivity contribution < 1.29 is 4.79 Å². The van der Waals surface area contributed by atoms with Gasteiger partial charge in [-0.05, 0) is 56.9 Å². The first kappa shape index (κ1) is 27.3. The monoisotopic (exact) mass is 404 g/mol. The minimum Gasteiger partial charge on any atom is -0.356 e. The summed E-state index contributed by atoms with van der Waals surface area (Å²) in [6, 6.07) is 0. The lowest BCUT2D eigenvalue weighted by Gasteiger charge is -2.05. The number of hydrogen-bond acceptors (Lipinski definition) is 2. The zero-order chi connectivity index (χ0) is 21.3. The third-order valence-corrected chi connectivity index (χ3v) is 4.92. The summed E-state index contributed by atoms with van der Waals surface area (Å²) in [5, 5.41) is 6.51. The smallest absolute Gasteiger partial charge is 0.219 e. The number of amides is 1. The highest BCUT2D eigenvalue weighted by Crippen LogP contribution is 2.08. The molecule has 0 heterocycles. The van der Waals surface area contributed by atoms with E-state index in [0.29, 0.717) is 13.0 Å². The van der Waals surface area contributed by atoms with E-state index in [1.165, 1.54) is 51.4 Å². The first-order valence-electron chi connectivity index (χ1n) is 11.9. The Labute approximate surface area is 179 Å². The van der Waals surface area contributed by atoms with E-state index in [0.717, 1.165) is 51.5 Å². The van der Waals surface area contributed by atoms with Crippen LogP contribution in [0.3, 0.4) is 0 Å². The van der Waals surface area contributed by atoms with E-state index in [9.17, 15) is 4.79 Å². The van der Waals surface area contributed by atoms with Crippen molar-refractivity contribution in [2.45, 2.75) is 110 Å². The molecule has 0 rings (SSSR count). The third-order valence-electron chi connectivity index (χ3n) is 4.92. The number of unbranched alkanes of at least 4 members (excludes halogenated alkanes) is 11. The van der Waals surface area contributed by atoms with E-state index >= 15 is 0 Å². The Morgan fingerprint density at radius 3 is 2.17 bits per heavy atom. The fourth-order valence-corrected chi connectivity index (χ4v) is 3.12. The van der Waals surface area contributed by atoms with Crippen LogP contribution < -0.4 is 5.32 Å². The molecule has 0 radical (unpaired) electrons. The maximum absolute atomic E-state index is 11.8. The highest BCUT2D eigenvalue weighted by Gasteiger charge is 2.00. The van der Waals surface area contributed by atoms with Crippen molar-refractivity contribution in [2.75, 3.05) is 13.1 Å². The molecule has 0 bridgehead atoms. The fraction of sp³-hybridized carbons (Fsp3) is 0.792. The van der Waals surface area contributed by atoms with Gasteiger partial charge in [-0.3, -0.25) is 4.79 Å². The lowest BCUT2D eigenvalue weighted by molar-refractivity contribution is -0.121. The maximum atomic E-state index is 11.8. The van der Waals surface area contributed by atoms with Crippen molar-refractivity contribution in [1.29, 1.82) is 0 Å². The van der Waals surface area contributed by atoms with E-state index in [1.54, 1.807) is 0 Å². The van der Waals surface area contributed by atoms with Gasteiger partial charge in [0.05, 0.1) is 0 Å². The van der Waals surface area contributed by atoms with E-state index in [2.05, 4.69) is 46.6 Å². The molecule has 0 aliphatic heterocycles. The SMILES string of the molecule is CCCCC/C=C\C/C=C\CCCCCCCC(=O)NCCCCCCN=[N+]=[N-]. The summed E-state index contributed by atoms with van der Waals surface area (Å²) in [6.45, 7) is 3.59. The molecule has 5 nitrogen and oxygen atoms in total. The van der Waals surface area contributed by atoms with Gasteiger partial charge in [0.15, 0.2) is 0 Å². The summed E-state index contributed by atoms with van der Waals surface area (Å²) < 4.78 is 0. The number of hydrogen-bond donors (Lipinski definition) is 1. The van der Waals surface area contributed by atoms with Gasteiger partial charge in [0.25, 0.3) is 0 Å². The molecule has 0 aromatic rings. The lowest BCUT2D eigenvalue weighted by atomic mass is 10.1. The molecule has 1 amide bonds. The number of carbonyl (C=O) groups excluding carboxylic acids is 1. The first-order chi connectivity index (χ1) is 14.3. The highest BCUT2D eigenvalue weighted by atomic mass is 16.1. The van der Waals surface area contributed by atoms with Gasteiger partial charge in [-0.25, -0.2) is 0 Å². The van der Waals surface area contributed by atoms with Crippen molar-refractivity contribution in [2.24, 2.45) is 5.11 Å². The zero-order valence-corrected chi connectivity index (χ0v) is 18.8. The van der Waals surface area contributed by atoms with Crippen LogP contribution in [0.4, 0.5) is 0 Å². The van der Waals surface area contributed by atoms with Crippen LogP contribution in [0.25, 0.3) is 10.4 Å². The van der Waals surface area contributed by atoms with Gasteiger partial charge in [0.2, 0.25) is 5.91 Å². The van der Waals surface area contributed by atoms with E-state index in [4.69, 9.17) is 5.53 Å². The van der Waals surface area contributed by atoms with Crippen molar-refractivity contribution in [3.8, 4) is 0 Å². The minimum atomic E-state index is 0.185. The molecular formula is C24H44N4O. The summed E-state index contributed by atoms with van der Waals surface area (Å²) in [5.41, 5.74) is 8.18. The number of carbonyl (C=O) groups is 1. The van der Waals surface area contributed by atoms with Gasteiger partial charge in [-0.2, -0.15) is 0 Å². The minimum absolute atomic E-state index is 0.185. The van der Waals surface area contributed by atoms with Gasteiger partial charge in [-0.1, -0.05) is 81.3 Å². The Kier molecular flexibility index (Phi) is 22.8. The number of rotatable bonds is 21. The molecule has 0 saturated heterocycles. The molecule has 29 heavy (non-hydrogen) atoms. The molecule has 5 heteroatoms. The molecule has 0 unspecified atom stereocenters. The summed E-state index contributed by atoms with van der Waals surface area (Å²) in [6.07, 6.45) is 27.2. The van der Waals surface area contributed by atoms with E-state index in [1.807, 2.05) is 0 Å². The average Bonchev–Trinajstić information content (AvgIpc) is 2.72. The Morgan fingerprint density at radius 2 is 1.45 bits per heavy atom. The number of allylic oxidation sites excluding steroid dienone is 4. The molecule has 166 valence electrons. The second-order valence-corrected chi connectivity index (χ2v) is 7.70. The molecule has 0 saturated carbocycles. The molecular weight excluding hydrogens is 360 g/mol. The molecule has 0 fully saturated rings. The average molecular weight is 405 g/mol. The standard InChI is InChI=1S/C24H44N4O/c1-2-3-4-5-6-7-8-9-10-11-12-13-14-15-18-21-24(29)26-22-19-16-17-20-23-27-28-25/h6-7,9-10H,2-5,8,11-23H2,1H3,(H,26,29)/b7-6-,10-9-. The Balaban J connectivity index is 3.28. The Hall–Kier alpha value is -1.74. The van der Waals surface area contributed by atoms with Gasteiger partial charge >= 0.3 is 0 Å². The molecule has 1 N–H and O–H groups in total. The molecule has 0 aromatic carbocycles. The topological polar surface area (TPSA) is 77.9 Å². The summed E-state index contributed by atoms with van der Waals surface area (Å²) in [7, 11) is 0. The maximum Gasteiger partial charge on any atom is 0.219 e. The predicted octanol–water partition coefficient (Wildman–Crippen LogP) is 7.79. The largest absolute Gasteiger partial charge is 0.356 e. The van der Waals surface area contributed by atoms with Crippen LogP contribution in [-0.4, -0.2) is 19.0 Å². The second-order valence-electron chi connectivity index (χ2n) is 7.70. The normalized spacial score (nSPS) is 11.2. The summed E-state index contributed by atoms with van der Waals surface area (Å²) in [5.74, 6) is 0.185. The molecule has 0 aromatic heterocycles. The zero-order valence-electron chi connectivity index (χ0n) is 18.8. The molecule has 0 atom stereocenters. The van der Waals surface area contributed by atoms with Crippen LogP contribution in [0.2, 0.25) is 0 Å². The first-order valence-corrected chi connectivity index (χ1v) is 11.9. The van der Waals surface area contributed by atoms with Crippen LogP contribution >= 0.6 is 0 Å². The quantitative estimate of drug-likeness (QED) is 0.0684. The second kappa shape index (κ2) is 24.3. The fourth-order valence-electron chi connectivity index (χ4n) is 3.12. The Morgan fingerprint density at radius 1 is 0.828 bits per heavy atom. The van der Waals surface area contributed by atoms with Gasteiger partial charge in [-0.15, -0.1) is 0 Å². The van der Waals surface area contributed by atoms with Gasteiger partial charge < -0.3 is 5.32 Å². The summed E-state index contributed by atoms with van der Waals surface area (Å²) >= 11 is 0. The van der Waals surface area contributed by atoms with Crippen molar-refractivity contribution in [3.05, 3.63) is 34.7 Å². The predicted molar refractivity (Wildman–Crippen MR) is 125 cm³/mol. The van der Waals surface area contributed by atoms with Crippen molar-refractivity contribution in [1.82, 2.24) is 5.32 Å². The lowest BCUT2D eigenvalue weighted by Crippen LogP contribution is -2.23. The van der Waals surface area contributed by atoms with Crippen LogP contribution in [0.15, 0.2) is 29.4 Å². The van der Waals surface area contributed by atoms with Crippen LogP contribution in [0, 0.1) is 0 Å². The van der Waals surface area contributed by atoms with Gasteiger partial charge in [0, 0.05) is 24.4 Å². The molecule has 0 aliphatic carbocycles. The Bertz CT molecular complexity index is 468. The van der Waals surface area contributed by atoms with Crippen LogP contribution in [0.5, 0.6) is 0 Å². The number of azide groups is 1. The summed E-state index contributed by atoms with van der Waals surface area (Å²) in [4.78, 5) is 14.5. The van der Waals surface area contributed by atoms with E-state index < -0.39 is 0 Å². The molecule has 0 spiro atoms. The number of nitrogens with one attached hydrogen (secondary N) is 1. The van der Waals surface area contributed by atoms with E-state index in [-0.39, 0.29) is 5.91 Å². The molecule has 0 aliphatic rings. The van der Waals surface area contributed by atoms with Crippen molar-refractivity contribution in [3.63, 3.8) is 0 Å². The van der Waals surface area contributed by atoms with Crippen molar-refractivity contribution >= 4 is 5.91 Å².